The van der Waals surface area contributed by atoms with E-state index in [1.54, 1.807) is 0 Å². The molecule has 1 aliphatic carbocycles. The molecule has 6 rings (SSSR count). The van der Waals surface area contributed by atoms with E-state index in [2.05, 4.69) is 41.9 Å². The highest BCUT2D eigenvalue weighted by molar-refractivity contribution is 7.99. The molecule has 3 heterocycles. The van der Waals surface area contributed by atoms with Crippen molar-refractivity contribution in [3.8, 4) is 17.5 Å². The lowest BCUT2D eigenvalue weighted by Gasteiger charge is -2.13. The Kier molecular flexibility index (Phi) is 4.89. The van der Waals surface area contributed by atoms with Gasteiger partial charge in [0, 0.05) is 28.7 Å². The number of H-pyrrole nitrogens is 2. The van der Waals surface area contributed by atoms with Crippen molar-refractivity contribution >= 4 is 39.3 Å². The Balaban J connectivity index is 1.35. The molecule has 1 fully saturated rings. The van der Waals surface area contributed by atoms with Gasteiger partial charge in [-0.3, -0.25) is 4.57 Å². The number of aromatic amines is 2. The number of rotatable bonds is 6. The minimum Gasteiger partial charge on any atom is -0.510 e. The number of para-hydroxylation sites is 3. The zero-order valence-corrected chi connectivity index (χ0v) is 19.2. The Hall–Kier alpha value is -4.03. The second-order valence-corrected chi connectivity index (χ2v) is 9.70. The SMILES string of the molecule is CC(Sc1nnc(-c2c[nH]c3ccccc23)n1C1CC1)/C(O)=C(\C#N)c1nc2ccccc2[nH]1. The van der Waals surface area contributed by atoms with E-state index >= 15 is 0 Å². The number of allylic oxidation sites excluding steroid dienone is 1. The van der Waals surface area contributed by atoms with Crippen LogP contribution in [0, 0.1) is 11.3 Å². The van der Waals surface area contributed by atoms with Crippen LogP contribution in [0.15, 0.2) is 65.6 Å². The molecule has 1 atom stereocenters. The van der Waals surface area contributed by atoms with Crippen LogP contribution in [-0.2, 0) is 0 Å². The van der Waals surface area contributed by atoms with Crippen LogP contribution in [0.1, 0.15) is 31.6 Å². The minimum atomic E-state index is -0.416. The van der Waals surface area contributed by atoms with Gasteiger partial charge in [-0.05, 0) is 38.0 Å². The summed E-state index contributed by atoms with van der Waals surface area (Å²) in [5.41, 5.74) is 3.75. The molecule has 8 nitrogen and oxygen atoms in total. The molecule has 3 aromatic heterocycles. The number of nitrogens with one attached hydrogen (secondary N) is 2. The van der Waals surface area contributed by atoms with Gasteiger partial charge in [0.1, 0.15) is 17.4 Å². The Morgan fingerprint density at radius 1 is 1.15 bits per heavy atom. The maximum atomic E-state index is 11.0. The molecule has 0 amide bonds. The predicted molar refractivity (Wildman–Crippen MR) is 132 cm³/mol. The summed E-state index contributed by atoms with van der Waals surface area (Å²) >= 11 is 1.39. The van der Waals surface area contributed by atoms with Crippen LogP contribution < -0.4 is 0 Å². The zero-order chi connectivity index (χ0) is 23.2. The van der Waals surface area contributed by atoms with Crippen LogP contribution >= 0.6 is 11.8 Å². The van der Waals surface area contributed by atoms with Gasteiger partial charge in [-0.1, -0.05) is 42.1 Å². The van der Waals surface area contributed by atoms with Crippen molar-refractivity contribution in [3.05, 3.63) is 66.3 Å². The minimum absolute atomic E-state index is 0.0365. The van der Waals surface area contributed by atoms with Crippen molar-refractivity contribution in [2.75, 3.05) is 0 Å². The van der Waals surface area contributed by atoms with Crippen molar-refractivity contribution in [1.29, 1.82) is 5.26 Å². The quantitative estimate of drug-likeness (QED) is 0.170. The van der Waals surface area contributed by atoms with Gasteiger partial charge >= 0.3 is 0 Å². The van der Waals surface area contributed by atoms with E-state index in [1.807, 2.05) is 55.6 Å². The third-order valence-corrected chi connectivity index (χ3v) is 7.13. The van der Waals surface area contributed by atoms with Crippen molar-refractivity contribution in [2.45, 2.75) is 36.2 Å². The van der Waals surface area contributed by atoms with Crippen LogP contribution in [-0.4, -0.2) is 40.1 Å². The fourth-order valence-corrected chi connectivity index (χ4v) is 5.16. The lowest BCUT2D eigenvalue weighted by Crippen LogP contribution is -2.07. The molecule has 3 N–H and O–H groups in total. The standard InChI is InChI=1S/C25H21N7OS/c1-14(22(33)17(12-26)23-28-20-8-4-5-9-21(20)29-23)34-25-31-30-24(32(25)15-10-11-15)18-13-27-19-7-3-2-6-16(18)19/h2-9,13-15,27,33H,10-11H2,1H3,(H,28,29)/b22-17-. The van der Waals surface area contributed by atoms with E-state index in [1.165, 1.54) is 11.8 Å². The Morgan fingerprint density at radius 3 is 2.68 bits per heavy atom. The first-order valence-electron chi connectivity index (χ1n) is 11.1. The zero-order valence-electron chi connectivity index (χ0n) is 18.4. The smallest absolute Gasteiger partial charge is 0.192 e. The van der Waals surface area contributed by atoms with Crippen LogP contribution in [0.25, 0.3) is 38.9 Å². The molecule has 168 valence electrons. The molecule has 1 unspecified atom stereocenters. The van der Waals surface area contributed by atoms with Crippen molar-refractivity contribution in [2.24, 2.45) is 0 Å². The Morgan fingerprint density at radius 2 is 1.91 bits per heavy atom. The number of thioether (sulfide) groups is 1. The number of fused-ring (bicyclic) bond motifs is 2. The largest absolute Gasteiger partial charge is 0.510 e. The van der Waals surface area contributed by atoms with E-state index in [4.69, 9.17) is 0 Å². The molecule has 0 spiro atoms. The van der Waals surface area contributed by atoms with Crippen LogP contribution in [0.2, 0.25) is 0 Å². The van der Waals surface area contributed by atoms with Gasteiger partial charge in [0.2, 0.25) is 0 Å². The fourth-order valence-electron chi connectivity index (χ4n) is 4.18. The summed E-state index contributed by atoms with van der Waals surface area (Å²) < 4.78 is 2.16. The highest BCUT2D eigenvalue weighted by Crippen LogP contribution is 2.43. The molecule has 0 radical (unpaired) electrons. The lowest BCUT2D eigenvalue weighted by molar-refractivity contribution is 0.401. The van der Waals surface area contributed by atoms with Crippen molar-refractivity contribution < 1.29 is 5.11 Å². The number of aliphatic hydroxyl groups is 1. The second-order valence-electron chi connectivity index (χ2n) is 8.39. The number of nitriles is 1. The topological polar surface area (TPSA) is 119 Å². The molecule has 0 saturated heterocycles. The fraction of sp³-hybridized carbons (Fsp3) is 0.200. The summed E-state index contributed by atoms with van der Waals surface area (Å²) in [6, 6.07) is 18.1. The van der Waals surface area contributed by atoms with E-state index < -0.39 is 5.25 Å². The predicted octanol–water partition coefficient (Wildman–Crippen LogP) is 5.61. The highest BCUT2D eigenvalue weighted by Gasteiger charge is 2.32. The Labute approximate surface area is 199 Å². The number of imidazole rings is 1. The molecule has 0 bridgehead atoms. The third-order valence-electron chi connectivity index (χ3n) is 6.07. The molecule has 0 aliphatic heterocycles. The van der Waals surface area contributed by atoms with E-state index in [0.29, 0.717) is 11.9 Å². The number of hydrogen-bond acceptors (Lipinski definition) is 6. The van der Waals surface area contributed by atoms with Crippen LogP contribution in [0.5, 0.6) is 0 Å². The summed E-state index contributed by atoms with van der Waals surface area (Å²) in [6.45, 7) is 1.86. The number of aliphatic hydroxyl groups excluding tert-OH is 1. The molecule has 2 aromatic carbocycles. The highest BCUT2D eigenvalue weighted by atomic mass is 32.2. The molecular weight excluding hydrogens is 446 g/mol. The first kappa shape index (κ1) is 20.6. The molecule has 9 heteroatoms. The molecule has 5 aromatic rings. The molecule has 34 heavy (non-hydrogen) atoms. The monoisotopic (exact) mass is 467 g/mol. The molecular formula is C25H21N7OS. The van der Waals surface area contributed by atoms with Gasteiger partial charge in [0.25, 0.3) is 0 Å². The first-order chi connectivity index (χ1) is 16.6. The normalized spacial score (nSPS) is 15.4. The van der Waals surface area contributed by atoms with Gasteiger partial charge in [-0.2, -0.15) is 5.26 Å². The van der Waals surface area contributed by atoms with E-state index in [9.17, 15) is 10.4 Å². The van der Waals surface area contributed by atoms with Gasteiger partial charge < -0.3 is 15.1 Å². The maximum absolute atomic E-state index is 11.0. The van der Waals surface area contributed by atoms with Gasteiger partial charge in [0.15, 0.2) is 16.8 Å². The summed E-state index contributed by atoms with van der Waals surface area (Å²) in [4.78, 5) is 10.9. The summed E-state index contributed by atoms with van der Waals surface area (Å²) in [5.74, 6) is 1.14. The third kappa shape index (κ3) is 3.43. The molecule has 1 aliphatic rings. The number of hydrogen-bond donors (Lipinski definition) is 3. The van der Waals surface area contributed by atoms with Gasteiger partial charge in [0.05, 0.1) is 16.3 Å². The summed E-state index contributed by atoms with van der Waals surface area (Å²) in [7, 11) is 0. The molecule has 1 saturated carbocycles. The summed E-state index contributed by atoms with van der Waals surface area (Å²) in [5, 5.41) is 31.2. The number of nitrogens with zero attached hydrogens (tertiary/aromatic N) is 5. The number of benzene rings is 2. The van der Waals surface area contributed by atoms with Crippen LogP contribution in [0.4, 0.5) is 0 Å². The summed E-state index contributed by atoms with van der Waals surface area (Å²) in [6.07, 6.45) is 4.11. The maximum Gasteiger partial charge on any atom is 0.192 e. The average molecular weight is 468 g/mol. The van der Waals surface area contributed by atoms with Crippen LogP contribution in [0.3, 0.4) is 0 Å². The van der Waals surface area contributed by atoms with Gasteiger partial charge in [-0.15, -0.1) is 10.2 Å². The van der Waals surface area contributed by atoms with Crippen molar-refractivity contribution in [3.63, 3.8) is 0 Å². The van der Waals surface area contributed by atoms with E-state index in [0.717, 1.165) is 51.3 Å². The van der Waals surface area contributed by atoms with E-state index in [-0.39, 0.29) is 11.3 Å². The number of aromatic nitrogens is 6. The lowest BCUT2D eigenvalue weighted by atomic mass is 10.1. The first-order valence-corrected chi connectivity index (χ1v) is 12.0. The van der Waals surface area contributed by atoms with Crippen molar-refractivity contribution in [1.82, 2.24) is 29.7 Å². The second kappa shape index (κ2) is 8.08. The average Bonchev–Trinajstić information content (AvgIpc) is 3.27. The van der Waals surface area contributed by atoms with Gasteiger partial charge in [-0.25, -0.2) is 4.98 Å². The Bertz CT molecular complexity index is 1570.